The van der Waals surface area contributed by atoms with Crippen LogP contribution in [0.15, 0.2) is 6.20 Å². The number of aromatic nitrogens is 3. The molecule has 5 nitrogen and oxygen atoms in total. The van der Waals surface area contributed by atoms with E-state index in [2.05, 4.69) is 29.1 Å². The van der Waals surface area contributed by atoms with Crippen molar-refractivity contribution in [1.82, 2.24) is 19.9 Å². The fraction of sp³-hybridized carbons (Fsp3) is 0.818. The number of aliphatic hydroxyl groups excluding tert-OH is 1. The SMILES string of the molecule is CCN(CC)CCC(O)Cc1cn(C)nn1. The molecule has 1 atom stereocenters. The zero-order chi connectivity index (χ0) is 12.0. The molecular weight excluding hydrogens is 204 g/mol. The number of aliphatic hydroxyl groups is 1. The van der Waals surface area contributed by atoms with Crippen molar-refractivity contribution in [3.8, 4) is 0 Å². The van der Waals surface area contributed by atoms with Gasteiger partial charge in [0.05, 0.1) is 11.8 Å². The molecule has 0 radical (unpaired) electrons. The van der Waals surface area contributed by atoms with E-state index in [0.29, 0.717) is 6.42 Å². The minimum atomic E-state index is -0.322. The van der Waals surface area contributed by atoms with Crippen molar-refractivity contribution >= 4 is 0 Å². The van der Waals surface area contributed by atoms with E-state index in [1.807, 2.05) is 13.2 Å². The monoisotopic (exact) mass is 226 g/mol. The zero-order valence-electron chi connectivity index (χ0n) is 10.4. The van der Waals surface area contributed by atoms with Crippen LogP contribution in [0, 0.1) is 0 Å². The van der Waals surface area contributed by atoms with Gasteiger partial charge in [-0.3, -0.25) is 4.68 Å². The van der Waals surface area contributed by atoms with Crippen molar-refractivity contribution in [1.29, 1.82) is 0 Å². The second kappa shape index (κ2) is 6.60. The van der Waals surface area contributed by atoms with E-state index in [1.165, 1.54) is 0 Å². The third-order valence-corrected chi connectivity index (χ3v) is 2.77. The van der Waals surface area contributed by atoms with E-state index in [9.17, 15) is 5.11 Å². The highest BCUT2D eigenvalue weighted by Crippen LogP contribution is 2.03. The Labute approximate surface area is 97.1 Å². The van der Waals surface area contributed by atoms with Gasteiger partial charge in [0.25, 0.3) is 0 Å². The van der Waals surface area contributed by atoms with E-state index >= 15 is 0 Å². The molecule has 5 heteroatoms. The second-order valence-corrected chi connectivity index (χ2v) is 4.06. The maximum Gasteiger partial charge on any atom is 0.0852 e. The molecule has 0 aromatic carbocycles. The molecule has 1 unspecified atom stereocenters. The first-order valence-electron chi connectivity index (χ1n) is 5.91. The summed E-state index contributed by atoms with van der Waals surface area (Å²) in [6.45, 7) is 7.29. The molecule has 1 aromatic heterocycles. The highest BCUT2D eigenvalue weighted by atomic mass is 16.3. The molecule has 92 valence electrons. The topological polar surface area (TPSA) is 54.2 Å². The van der Waals surface area contributed by atoms with Crippen molar-refractivity contribution in [2.45, 2.75) is 32.8 Å². The molecule has 0 fully saturated rings. The molecule has 1 rings (SSSR count). The van der Waals surface area contributed by atoms with Gasteiger partial charge in [0.2, 0.25) is 0 Å². The quantitative estimate of drug-likeness (QED) is 0.733. The smallest absolute Gasteiger partial charge is 0.0852 e. The first-order valence-corrected chi connectivity index (χ1v) is 5.91. The van der Waals surface area contributed by atoms with Gasteiger partial charge in [-0.15, -0.1) is 5.10 Å². The average molecular weight is 226 g/mol. The molecular formula is C11H22N4O. The molecule has 1 aromatic rings. The van der Waals surface area contributed by atoms with Crippen LogP contribution in [-0.4, -0.2) is 50.7 Å². The zero-order valence-corrected chi connectivity index (χ0v) is 10.4. The lowest BCUT2D eigenvalue weighted by Gasteiger charge is -2.19. The molecule has 0 saturated carbocycles. The predicted molar refractivity (Wildman–Crippen MR) is 63.1 cm³/mol. The van der Waals surface area contributed by atoms with Crippen LogP contribution in [0.4, 0.5) is 0 Å². The minimum absolute atomic E-state index is 0.322. The van der Waals surface area contributed by atoms with Crippen LogP contribution in [0.1, 0.15) is 26.0 Å². The highest BCUT2D eigenvalue weighted by Gasteiger charge is 2.09. The first kappa shape index (κ1) is 13.1. The summed E-state index contributed by atoms with van der Waals surface area (Å²) in [6.07, 6.45) is 2.91. The maximum absolute atomic E-state index is 9.85. The third kappa shape index (κ3) is 4.28. The Morgan fingerprint density at radius 1 is 1.44 bits per heavy atom. The van der Waals surface area contributed by atoms with Gasteiger partial charge in [0.1, 0.15) is 0 Å². The second-order valence-electron chi connectivity index (χ2n) is 4.06. The summed E-state index contributed by atoms with van der Waals surface area (Å²) in [5.41, 5.74) is 0.856. The molecule has 0 spiro atoms. The summed E-state index contributed by atoms with van der Waals surface area (Å²) >= 11 is 0. The lowest BCUT2D eigenvalue weighted by molar-refractivity contribution is 0.143. The van der Waals surface area contributed by atoms with Crippen LogP contribution in [0.5, 0.6) is 0 Å². The summed E-state index contributed by atoms with van der Waals surface area (Å²) in [4.78, 5) is 2.31. The average Bonchev–Trinajstić information content (AvgIpc) is 2.65. The van der Waals surface area contributed by atoms with Crippen LogP contribution in [0.3, 0.4) is 0 Å². The molecule has 0 aliphatic rings. The summed E-state index contributed by atoms with van der Waals surface area (Å²) < 4.78 is 1.66. The van der Waals surface area contributed by atoms with Gasteiger partial charge in [-0.1, -0.05) is 19.1 Å². The van der Waals surface area contributed by atoms with Gasteiger partial charge in [-0.2, -0.15) is 0 Å². The molecule has 0 bridgehead atoms. The summed E-state index contributed by atoms with van der Waals surface area (Å²) in [5, 5.41) is 17.7. The summed E-state index contributed by atoms with van der Waals surface area (Å²) in [7, 11) is 1.83. The number of nitrogens with zero attached hydrogens (tertiary/aromatic N) is 4. The van der Waals surface area contributed by atoms with Gasteiger partial charge >= 0.3 is 0 Å². The van der Waals surface area contributed by atoms with Crippen molar-refractivity contribution < 1.29 is 5.11 Å². The van der Waals surface area contributed by atoms with Gasteiger partial charge in [0.15, 0.2) is 0 Å². The number of rotatable bonds is 7. The van der Waals surface area contributed by atoms with Crippen LogP contribution < -0.4 is 0 Å². The Hall–Kier alpha value is -0.940. The van der Waals surface area contributed by atoms with E-state index < -0.39 is 0 Å². The fourth-order valence-electron chi connectivity index (χ4n) is 1.70. The van der Waals surface area contributed by atoms with E-state index in [1.54, 1.807) is 4.68 Å². The first-order chi connectivity index (χ1) is 7.65. The Morgan fingerprint density at radius 2 is 2.12 bits per heavy atom. The fourth-order valence-corrected chi connectivity index (χ4v) is 1.70. The molecule has 1 heterocycles. The van der Waals surface area contributed by atoms with Gasteiger partial charge in [0, 0.05) is 26.2 Å². The van der Waals surface area contributed by atoms with Crippen molar-refractivity contribution in [3.63, 3.8) is 0 Å². The Balaban J connectivity index is 2.27. The summed E-state index contributed by atoms with van der Waals surface area (Å²) in [6, 6.07) is 0. The van der Waals surface area contributed by atoms with E-state index in [4.69, 9.17) is 0 Å². The summed E-state index contributed by atoms with van der Waals surface area (Å²) in [5.74, 6) is 0. The maximum atomic E-state index is 9.85. The molecule has 0 aliphatic carbocycles. The molecule has 0 saturated heterocycles. The molecule has 0 amide bonds. The Bertz CT molecular complexity index is 296. The van der Waals surface area contributed by atoms with E-state index in [-0.39, 0.29) is 6.10 Å². The largest absolute Gasteiger partial charge is 0.393 e. The van der Waals surface area contributed by atoms with Crippen LogP contribution in [-0.2, 0) is 13.5 Å². The normalized spacial score (nSPS) is 13.3. The molecule has 16 heavy (non-hydrogen) atoms. The van der Waals surface area contributed by atoms with Gasteiger partial charge in [-0.05, 0) is 19.5 Å². The predicted octanol–water partition coefficient (Wildman–Crippen LogP) is 0.450. The Kier molecular flexibility index (Phi) is 5.42. The number of aryl methyl sites for hydroxylation is 1. The van der Waals surface area contributed by atoms with Crippen molar-refractivity contribution in [2.75, 3.05) is 19.6 Å². The van der Waals surface area contributed by atoms with Gasteiger partial charge in [-0.25, -0.2) is 0 Å². The van der Waals surface area contributed by atoms with Crippen LogP contribution in [0.2, 0.25) is 0 Å². The van der Waals surface area contributed by atoms with E-state index in [0.717, 1.165) is 31.7 Å². The Morgan fingerprint density at radius 3 is 2.62 bits per heavy atom. The minimum Gasteiger partial charge on any atom is -0.393 e. The lowest BCUT2D eigenvalue weighted by Crippen LogP contribution is -2.27. The van der Waals surface area contributed by atoms with Crippen molar-refractivity contribution in [2.24, 2.45) is 7.05 Å². The number of hydrogen-bond acceptors (Lipinski definition) is 4. The lowest BCUT2D eigenvalue weighted by atomic mass is 10.1. The standard InChI is InChI=1S/C11H22N4O/c1-4-15(5-2)7-6-11(16)8-10-9-14(3)13-12-10/h9,11,16H,4-8H2,1-3H3. The highest BCUT2D eigenvalue weighted by molar-refractivity contribution is 4.94. The van der Waals surface area contributed by atoms with Crippen LogP contribution >= 0.6 is 0 Å². The van der Waals surface area contributed by atoms with Gasteiger partial charge < -0.3 is 10.0 Å². The van der Waals surface area contributed by atoms with Crippen LogP contribution in [0.25, 0.3) is 0 Å². The molecule has 0 aliphatic heterocycles. The molecule has 1 N–H and O–H groups in total. The number of hydrogen-bond donors (Lipinski definition) is 1. The van der Waals surface area contributed by atoms with Crippen molar-refractivity contribution in [3.05, 3.63) is 11.9 Å². The third-order valence-electron chi connectivity index (χ3n) is 2.77.